The van der Waals surface area contributed by atoms with Crippen molar-refractivity contribution in [3.05, 3.63) is 52.4 Å². The Kier molecular flexibility index (Phi) is 4.33. The third-order valence-electron chi connectivity index (χ3n) is 3.82. The number of rotatable bonds is 5. The van der Waals surface area contributed by atoms with E-state index in [2.05, 4.69) is 10.6 Å². The lowest BCUT2D eigenvalue weighted by molar-refractivity contribution is -0.134. The standard InChI is InChI=1S/C16H14Cl2N2O3/c17-11-4-1-5-12(18)13(11)20-15(22)16(6-7-16)14(21)19-9-10-3-2-8-23-10/h1-5,8H,6-7,9H2,(H,19,21)(H,20,22). The molecule has 2 aromatic rings. The molecule has 0 spiro atoms. The number of nitrogens with one attached hydrogen (secondary N) is 2. The van der Waals surface area contributed by atoms with Crippen molar-refractivity contribution >= 4 is 40.7 Å². The van der Waals surface area contributed by atoms with Gasteiger partial charge in [-0.3, -0.25) is 9.59 Å². The van der Waals surface area contributed by atoms with Crippen LogP contribution in [0.3, 0.4) is 0 Å². The lowest BCUT2D eigenvalue weighted by atomic mass is 10.0. The van der Waals surface area contributed by atoms with Crippen molar-refractivity contribution in [2.45, 2.75) is 19.4 Å². The number of furan rings is 1. The summed E-state index contributed by atoms with van der Waals surface area (Å²) in [6, 6.07) is 8.42. The number of hydrogen-bond donors (Lipinski definition) is 2. The van der Waals surface area contributed by atoms with Crippen LogP contribution in [0, 0.1) is 5.41 Å². The van der Waals surface area contributed by atoms with Crippen LogP contribution in [0.15, 0.2) is 41.0 Å². The summed E-state index contributed by atoms with van der Waals surface area (Å²) in [6.45, 7) is 0.244. The Morgan fingerprint density at radius 3 is 2.35 bits per heavy atom. The maximum absolute atomic E-state index is 12.5. The van der Waals surface area contributed by atoms with Gasteiger partial charge in [0.2, 0.25) is 11.8 Å². The van der Waals surface area contributed by atoms with E-state index in [1.54, 1.807) is 30.3 Å². The molecule has 3 rings (SSSR count). The van der Waals surface area contributed by atoms with E-state index in [9.17, 15) is 9.59 Å². The van der Waals surface area contributed by atoms with Gasteiger partial charge in [0.15, 0.2) is 0 Å². The van der Waals surface area contributed by atoms with Gasteiger partial charge in [-0.1, -0.05) is 29.3 Å². The summed E-state index contributed by atoms with van der Waals surface area (Å²) in [5.41, 5.74) is -0.735. The molecule has 0 aliphatic heterocycles. The van der Waals surface area contributed by atoms with E-state index >= 15 is 0 Å². The van der Waals surface area contributed by atoms with E-state index < -0.39 is 11.3 Å². The second kappa shape index (κ2) is 6.26. The number of halogens is 2. The summed E-state index contributed by atoms with van der Waals surface area (Å²) in [4.78, 5) is 24.8. The molecular weight excluding hydrogens is 339 g/mol. The predicted molar refractivity (Wildman–Crippen MR) is 87.3 cm³/mol. The van der Waals surface area contributed by atoms with E-state index in [1.807, 2.05) is 0 Å². The number of benzene rings is 1. The molecule has 23 heavy (non-hydrogen) atoms. The Labute approximate surface area is 142 Å². The monoisotopic (exact) mass is 352 g/mol. The van der Waals surface area contributed by atoms with Gasteiger partial charge >= 0.3 is 0 Å². The molecule has 0 atom stereocenters. The van der Waals surface area contributed by atoms with Gasteiger partial charge in [0, 0.05) is 0 Å². The highest BCUT2D eigenvalue weighted by molar-refractivity contribution is 6.40. The highest BCUT2D eigenvalue weighted by Gasteiger charge is 2.56. The molecule has 120 valence electrons. The van der Waals surface area contributed by atoms with E-state index in [-0.39, 0.29) is 12.5 Å². The van der Waals surface area contributed by atoms with Crippen molar-refractivity contribution in [1.82, 2.24) is 5.32 Å². The van der Waals surface area contributed by atoms with E-state index in [1.165, 1.54) is 6.26 Å². The fourth-order valence-electron chi connectivity index (χ4n) is 2.28. The molecule has 1 fully saturated rings. The van der Waals surface area contributed by atoms with Gasteiger partial charge in [-0.2, -0.15) is 0 Å². The Hall–Kier alpha value is -1.98. The van der Waals surface area contributed by atoms with Crippen molar-refractivity contribution in [3.63, 3.8) is 0 Å². The summed E-state index contributed by atoms with van der Waals surface area (Å²) < 4.78 is 5.15. The summed E-state index contributed by atoms with van der Waals surface area (Å²) in [6.07, 6.45) is 2.51. The Morgan fingerprint density at radius 1 is 1.09 bits per heavy atom. The summed E-state index contributed by atoms with van der Waals surface area (Å²) in [7, 11) is 0. The lowest BCUT2D eigenvalue weighted by Gasteiger charge is -2.16. The highest BCUT2D eigenvalue weighted by atomic mass is 35.5. The minimum absolute atomic E-state index is 0.244. The first kappa shape index (κ1) is 15.9. The van der Waals surface area contributed by atoms with Crippen LogP contribution in [-0.4, -0.2) is 11.8 Å². The molecule has 0 bridgehead atoms. The smallest absolute Gasteiger partial charge is 0.240 e. The van der Waals surface area contributed by atoms with Crippen LogP contribution in [0.5, 0.6) is 0 Å². The lowest BCUT2D eigenvalue weighted by Crippen LogP contribution is -2.39. The van der Waals surface area contributed by atoms with Crippen LogP contribution in [0.2, 0.25) is 10.0 Å². The number of para-hydroxylation sites is 1. The molecule has 1 aliphatic carbocycles. The maximum Gasteiger partial charge on any atom is 0.240 e. The van der Waals surface area contributed by atoms with Crippen LogP contribution in [0.4, 0.5) is 5.69 Å². The Morgan fingerprint density at radius 2 is 1.78 bits per heavy atom. The number of carbonyl (C=O) groups is 2. The quantitative estimate of drug-likeness (QED) is 0.807. The van der Waals surface area contributed by atoms with Gasteiger partial charge in [-0.15, -0.1) is 0 Å². The number of anilines is 1. The minimum Gasteiger partial charge on any atom is -0.467 e. The molecule has 0 unspecified atom stereocenters. The zero-order valence-electron chi connectivity index (χ0n) is 12.1. The average Bonchev–Trinajstić information content (AvgIpc) is 3.18. The van der Waals surface area contributed by atoms with E-state index in [0.717, 1.165) is 0 Å². The largest absolute Gasteiger partial charge is 0.467 e. The fourth-order valence-corrected chi connectivity index (χ4v) is 2.77. The molecule has 5 nitrogen and oxygen atoms in total. The van der Waals surface area contributed by atoms with Crippen molar-refractivity contribution in [3.8, 4) is 0 Å². The molecule has 1 aromatic carbocycles. The molecule has 0 saturated heterocycles. The SMILES string of the molecule is O=C(NCc1ccco1)C1(C(=O)Nc2c(Cl)cccc2Cl)CC1. The van der Waals surface area contributed by atoms with Gasteiger partial charge in [0.1, 0.15) is 11.2 Å². The zero-order valence-corrected chi connectivity index (χ0v) is 13.6. The third kappa shape index (κ3) is 3.21. The van der Waals surface area contributed by atoms with E-state index in [0.29, 0.717) is 34.3 Å². The predicted octanol–water partition coefficient (Wildman–Crippen LogP) is 3.62. The Bertz CT molecular complexity index is 720. The van der Waals surface area contributed by atoms with Crippen molar-refractivity contribution < 1.29 is 14.0 Å². The van der Waals surface area contributed by atoms with Crippen LogP contribution >= 0.6 is 23.2 Å². The average molecular weight is 353 g/mol. The number of carbonyl (C=O) groups excluding carboxylic acids is 2. The van der Waals surface area contributed by atoms with Gasteiger partial charge < -0.3 is 15.1 Å². The molecule has 1 aromatic heterocycles. The van der Waals surface area contributed by atoms with E-state index in [4.69, 9.17) is 27.6 Å². The molecule has 0 radical (unpaired) electrons. The molecule has 7 heteroatoms. The first-order valence-corrected chi connectivity index (χ1v) is 7.85. The first-order chi connectivity index (χ1) is 11.0. The molecule has 2 N–H and O–H groups in total. The molecule has 2 amide bonds. The van der Waals surface area contributed by atoms with Crippen LogP contribution in [0.1, 0.15) is 18.6 Å². The summed E-state index contributed by atoms with van der Waals surface area (Å²) >= 11 is 12.1. The first-order valence-electron chi connectivity index (χ1n) is 7.09. The number of hydrogen-bond acceptors (Lipinski definition) is 3. The molecule has 1 aliphatic rings. The van der Waals surface area contributed by atoms with Crippen molar-refractivity contribution in [2.24, 2.45) is 5.41 Å². The maximum atomic E-state index is 12.5. The highest BCUT2D eigenvalue weighted by Crippen LogP contribution is 2.47. The summed E-state index contributed by atoms with van der Waals surface area (Å²) in [5, 5.41) is 6.05. The van der Waals surface area contributed by atoms with Crippen molar-refractivity contribution in [1.29, 1.82) is 0 Å². The minimum atomic E-state index is -1.06. The van der Waals surface area contributed by atoms with Gasteiger partial charge in [0.25, 0.3) is 0 Å². The number of amides is 2. The molecule has 1 saturated carbocycles. The Balaban J connectivity index is 1.67. The van der Waals surface area contributed by atoms with Gasteiger partial charge in [-0.05, 0) is 37.1 Å². The molecule has 1 heterocycles. The normalized spacial score (nSPS) is 15.0. The fraction of sp³-hybridized carbons (Fsp3) is 0.250. The zero-order chi connectivity index (χ0) is 16.4. The second-order valence-corrected chi connectivity index (χ2v) is 6.21. The molecular formula is C16H14Cl2N2O3. The summed E-state index contributed by atoms with van der Waals surface area (Å²) in [5.74, 6) is -0.0947. The van der Waals surface area contributed by atoms with Gasteiger partial charge in [0.05, 0.1) is 28.5 Å². The van der Waals surface area contributed by atoms with Crippen LogP contribution in [0.25, 0.3) is 0 Å². The second-order valence-electron chi connectivity index (χ2n) is 5.39. The van der Waals surface area contributed by atoms with Gasteiger partial charge in [-0.25, -0.2) is 0 Å². The van der Waals surface area contributed by atoms with Crippen LogP contribution < -0.4 is 10.6 Å². The van der Waals surface area contributed by atoms with Crippen LogP contribution in [-0.2, 0) is 16.1 Å². The van der Waals surface area contributed by atoms with Crippen molar-refractivity contribution in [2.75, 3.05) is 5.32 Å². The third-order valence-corrected chi connectivity index (χ3v) is 4.45. The topological polar surface area (TPSA) is 71.3 Å².